The number of benzene rings is 3. The molecule has 1 fully saturated rings. The van der Waals surface area contributed by atoms with Crippen molar-refractivity contribution in [1.82, 2.24) is 31.3 Å². The standard InChI is InChI=1S/C43H51F3IN7O7S/c1-25-38(62-24-50-25)27-8-6-26(7-9-27)22-49-41(58)34-21-29(55)23-54(34)42(59)39(43(2,3)4)52-35(56)14-18-60-19-16-48-15-5-17-61-53-40(57)30-11-12-31(44)36(46)37(30)51-33-13-10-28(47)20-32(33)45/h6-13,20,24,29,34,39,48,51,55H,5,14-19,21-23H2,1-4H3,(H,49,58)(H,52,56)(H,53,57)/t29-,34+,39-/m1/s1. The fourth-order valence-corrected chi connectivity index (χ4v) is 7.84. The Hall–Kier alpha value is -4.67. The van der Waals surface area contributed by atoms with E-state index in [1.54, 1.807) is 22.9 Å². The van der Waals surface area contributed by atoms with Crippen molar-refractivity contribution in [1.29, 1.82) is 0 Å². The average Bonchev–Trinajstić information content (AvgIpc) is 3.85. The van der Waals surface area contributed by atoms with E-state index in [2.05, 4.69) is 31.7 Å². The van der Waals surface area contributed by atoms with Crippen LogP contribution in [0.3, 0.4) is 0 Å². The lowest BCUT2D eigenvalue weighted by molar-refractivity contribution is -0.144. The van der Waals surface area contributed by atoms with Crippen LogP contribution in [-0.2, 0) is 30.5 Å². The topological polar surface area (TPSA) is 183 Å². The smallest absolute Gasteiger partial charge is 0.277 e. The van der Waals surface area contributed by atoms with Gasteiger partial charge in [0.1, 0.15) is 17.9 Å². The van der Waals surface area contributed by atoms with Gasteiger partial charge in [0.15, 0.2) is 11.6 Å². The second kappa shape index (κ2) is 22.6. The molecule has 0 unspecified atom stereocenters. The van der Waals surface area contributed by atoms with Crippen molar-refractivity contribution in [2.24, 2.45) is 5.41 Å². The first-order chi connectivity index (χ1) is 29.5. The maximum atomic E-state index is 14.7. The molecule has 0 aliphatic carbocycles. The first-order valence-corrected chi connectivity index (χ1v) is 21.9. The van der Waals surface area contributed by atoms with Crippen molar-refractivity contribution < 1.29 is 47.0 Å². The zero-order valence-corrected chi connectivity index (χ0v) is 37.8. The van der Waals surface area contributed by atoms with Crippen LogP contribution in [0.2, 0.25) is 0 Å². The number of halogens is 4. The van der Waals surface area contributed by atoms with E-state index in [0.717, 1.165) is 33.8 Å². The quantitative estimate of drug-likeness (QED) is 0.0363. The van der Waals surface area contributed by atoms with E-state index in [1.165, 1.54) is 17.0 Å². The van der Waals surface area contributed by atoms with E-state index in [0.29, 0.717) is 23.1 Å². The number of anilines is 2. The predicted molar refractivity (Wildman–Crippen MR) is 237 cm³/mol. The molecule has 1 aromatic heterocycles. The molecule has 1 aliphatic rings. The van der Waals surface area contributed by atoms with Gasteiger partial charge in [-0.2, -0.15) is 0 Å². The first kappa shape index (κ1) is 48.4. The minimum Gasteiger partial charge on any atom is -0.391 e. The predicted octanol–water partition coefficient (Wildman–Crippen LogP) is 5.74. The van der Waals surface area contributed by atoms with Crippen LogP contribution in [-0.4, -0.2) is 96.3 Å². The van der Waals surface area contributed by atoms with Gasteiger partial charge in [-0.3, -0.25) is 24.0 Å². The Kier molecular flexibility index (Phi) is 17.6. The molecule has 5 rings (SSSR count). The van der Waals surface area contributed by atoms with Gasteiger partial charge in [0.2, 0.25) is 17.7 Å². The number of nitrogens with one attached hydrogen (secondary N) is 5. The minimum atomic E-state index is -1.35. The third-order valence-corrected chi connectivity index (χ3v) is 11.6. The van der Waals surface area contributed by atoms with Gasteiger partial charge < -0.3 is 36.0 Å². The molecule has 0 radical (unpaired) electrons. The van der Waals surface area contributed by atoms with Gasteiger partial charge in [0, 0.05) is 36.0 Å². The van der Waals surface area contributed by atoms with Gasteiger partial charge >= 0.3 is 0 Å². The van der Waals surface area contributed by atoms with Gasteiger partial charge in [0.25, 0.3) is 5.91 Å². The van der Waals surface area contributed by atoms with E-state index in [9.17, 15) is 37.5 Å². The lowest BCUT2D eigenvalue weighted by Gasteiger charge is -2.35. The monoisotopic (exact) mass is 993 g/mol. The van der Waals surface area contributed by atoms with Crippen molar-refractivity contribution in [2.75, 3.05) is 44.8 Å². The molecule has 1 aliphatic heterocycles. The number of hydrogen-bond acceptors (Lipinski definition) is 11. The van der Waals surface area contributed by atoms with Crippen molar-refractivity contribution in [2.45, 2.75) is 71.7 Å². The highest BCUT2D eigenvalue weighted by Crippen LogP contribution is 2.30. The summed E-state index contributed by atoms with van der Waals surface area (Å²) in [4.78, 5) is 64.9. The van der Waals surface area contributed by atoms with Crippen LogP contribution < -0.4 is 26.7 Å². The van der Waals surface area contributed by atoms with E-state index in [1.807, 2.05) is 74.6 Å². The third-order valence-electron chi connectivity index (χ3n) is 9.90. The van der Waals surface area contributed by atoms with E-state index < -0.39 is 70.4 Å². The Bertz CT molecular complexity index is 2190. The van der Waals surface area contributed by atoms with Crippen LogP contribution in [0.5, 0.6) is 0 Å². The fraction of sp³-hybridized carbons (Fsp3) is 0.419. The second-order valence-corrected chi connectivity index (χ2v) is 17.8. The maximum absolute atomic E-state index is 14.7. The van der Waals surface area contributed by atoms with Crippen LogP contribution in [0.25, 0.3) is 10.4 Å². The molecule has 3 aromatic carbocycles. The molecule has 0 bridgehead atoms. The zero-order valence-electron chi connectivity index (χ0n) is 34.8. The molecular weight excluding hydrogens is 942 g/mol. The number of rotatable bonds is 20. The van der Waals surface area contributed by atoms with E-state index in [4.69, 9.17) is 9.57 Å². The number of amides is 4. The normalized spacial score (nSPS) is 15.6. The number of aryl methyl sites for hydroxylation is 1. The lowest BCUT2D eigenvalue weighted by Crippen LogP contribution is -2.57. The molecule has 14 nitrogen and oxygen atoms in total. The first-order valence-electron chi connectivity index (χ1n) is 20.0. The van der Waals surface area contributed by atoms with Crippen molar-refractivity contribution in [3.05, 3.63) is 98.0 Å². The van der Waals surface area contributed by atoms with Crippen molar-refractivity contribution in [3.8, 4) is 10.4 Å². The average molecular weight is 994 g/mol. The molecule has 4 aromatic rings. The number of ether oxygens (including phenoxy) is 1. The molecule has 4 amide bonds. The second-order valence-electron chi connectivity index (χ2n) is 15.7. The van der Waals surface area contributed by atoms with E-state index in [-0.39, 0.29) is 57.0 Å². The van der Waals surface area contributed by atoms with Gasteiger partial charge in [-0.25, -0.2) is 23.6 Å². The number of aromatic nitrogens is 1. The Morgan fingerprint density at radius 3 is 2.45 bits per heavy atom. The number of hydrogen-bond donors (Lipinski definition) is 6. The minimum absolute atomic E-state index is 0.0177. The summed E-state index contributed by atoms with van der Waals surface area (Å²) >= 11 is 3.46. The Balaban J connectivity index is 0.981. The van der Waals surface area contributed by atoms with Gasteiger partial charge in [-0.05, 0) is 89.4 Å². The molecule has 334 valence electrons. The Labute approximate surface area is 375 Å². The number of likely N-dealkylation sites (tertiary alicyclic amines) is 1. The third kappa shape index (κ3) is 13.4. The lowest BCUT2D eigenvalue weighted by atomic mass is 9.85. The number of β-amino-alcohol motifs (C(OH)–C–C–N with tert-alkyl or cyclic N) is 1. The molecular formula is C43H51F3IN7O7S. The number of carbonyl (C=O) groups excluding carboxylic acids is 4. The summed E-state index contributed by atoms with van der Waals surface area (Å²) in [5, 5.41) is 21.8. The molecule has 3 atom stereocenters. The van der Waals surface area contributed by atoms with Gasteiger partial charge in [0.05, 0.1) is 58.9 Å². The van der Waals surface area contributed by atoms with Gasteiger partial charge in [-0.1, -0.05) is 45.0 Å². The van der Waals surface area contributed by atoms with Crippen molar-refractivity contribution in [3.63, 3.8) is 0 Å². The van der Waals surface area contributed by atoms with Crippen LogP contribution >= 0.6 is 33.9 Å². The molecule has 0 spiro atoms. The summed E-state index contributed by atoms with van der Waals surface area (Å²) in [6.07, 6.45) is -0.371. The molecule has 62 heavy (non-hydrogen) atoms. The molecule has 1 saturated heterocycles. The van der Waals surface area contributed by atoms with Crippen LogP contribution in [0, 0.1) is 33.4 Å². The molecule has 19 heteroatoms. The van der Waals surface area contributed by atoms with Crippen LogP contribution in [0.1, 0.15) is 61.6 Å². The number of hydroxylamine groups is 1. The SMILES string of the molecule is Cc1ncsc1-c1ccc(CNC(=O)[C@@H]2C[C@@H](O)CN2C(=O)[C@@H](NC(=O)CCOCCNCCCONC(=O)c2ccc(F)c(F)c2Nc2ccc(I)cc2F)C(C)(C)C)cc1. The number of nitrogens with zero attached hydrogens (tertiary/aromatic N) is 2. The summed E-state index contributed by atoms with van der Waals surface area (Å²) < 4.78 is 49.2. The van der Waals surface area contributed by atoms with E-state index >= 15 is 0 Å². The summed E-state index contributed by atoms with van der Waals surface area (Å²) in [6.45, 7) is 8.95. The zero-order chi connectivity index (χ0) is 45.0. The number of aliphatic hydroxyl groups is 1. The Morgan fingerprint density at radius 2 is 1.76 bits per heavy atom. The number of aliphatic hydroxyl groups excluding tert-OH is 1. The highest BCUT2D eigenvalue weighted by molar-refractivity contribution is 14.1. The molecule has 2 heterocycles. The largest absolute Gasteiger partial charge is 0.391 e. The molecule has 6 N–H and O–H groups in total. The highest BCUT2D eigenvalue weighted by atomic mass is 127. The van der Waals surface area contributed by atoms with Crippen LogP contribution in [0.4, 0.5) is 24.5 Å². The number of thiazole rings is 1. The molecule has 0 saturated carbocycles. The Morgan fingerprint density at radius 1 is 1.00 bits per heavy atom. The summed E-state index contributed by atoms with van der Waals surface area (Å²) in [7, 11) is 0. The summed E-state index contributed by atoms with van der Waals surface area (Å²) in [5.74, 6) is -5.39. The van der Waals surface area contributed by atoms with Crippen molar-refractivity contribution >= 4 is 68.9 Å². The number of carbonyl (C=O) groups is 4. The maximum Gasteiger partial charge on any atom is 0.277 e. The highest BCUT2D eigenvalue weighted by Gasteiger charge is 2.44. The summed E-state index contributed by atoms with van der Waals surface area (Å²) in [5.41, 5.74) is 5.17. The summed E-state index contributed by atoms with van der Waals surface area (Å²) in [6, 6.07) is 11.9. The van der Waals surface area contributed by atoms with Crippen LogP contribution in [0.15, 0.2) is 60.1 Å². The van der Waals surface area contributed by atoms with Gasteiger partial charge in [-0.15, -0.1) is 11.3 Å². The fourth-order valence-electron chi connectivity index (χ4n) is 6.58.